The third-order valence-electron chi connectivity index (χ3n) is 3.78. The minimum absolute atomic E-state index is 0.0788. The van der Waals surface area contributed by atoms with Crippen LogP contribution in [0.1, 0.15) is 45.6 Å². The summed E-state index contributed by atoms with van der Waals surface area (Å²) < 4.78 is 11.6. The molecule has 1 N–H and O–H groups in total. The Labute approximate surface area is 146 Å². The zero-order valence-electron chi connectivity index (χ0n) is 15.2. The fraction of sp³-hybridized carbons (Fsp3) is 0.429. The molecule has 0 aliphatic rings. The topological polar surface area (TPSA) is 30.5 Å². The molecule has 0 bridgehead atoms. The Morgan fingerprint density at radius 1 is 0.958 bits per heavy atom. The van der Waals surface area contributed by atoms with Gasteiger partial charge in [0, 0.05) is 11.8 Å². The number of hydrogen-bond acceptors (Lipinski definition) is 3. The van der Waals surface area contributed by atoms with E-state index in [4.69, 9.17) is 9.47 Å². The van der Waals surface area contributed by atoms with Crippen LogP contribution in [0.3, 0.4) is 0 Å². The predicted octanol–water partition coefficient (Wildman–Crippen LogP) is 5.48. The molecule has 130 valence electrons. The fourth-order valence-corrected chi connectivity index (χ4v) is 2.38. The van der Waals surface area contributed by atoms with E-state index in [1.165, 1.54) is 5.56 Å². The average molecular weight is 327 g/mol. The summed E-state index contributed by atoms with van der Waals surface area (Å²) >= 11 is 0. The zero-order valence-corrected chi connectivity index (χ0v) is 15.2. The highest BCUT2D eigenvalue weighted by molar-refractivity contribution is 5.48. The highest BCUT2D eigenvalue weighted by Gasteiger charge is 2.06. The quantitative estimate of drug-likeness (QED) is 0.661. The summed E-state index contributed by atoms with van der Waals surface area (Å²) in [6.07, 6.45) is 1.09. The molecular weight excluding hydrogens is 298 g/mol. The van der Waals surface area contributed by atoms with Crippen molar-refractivity contribution >= 4 is 5.69 Å². The Morgan fingerprint density at radius 3 is 2.38 bits per heavy atom. The second kappa shape index (κ2) is 9.21. The molecule has 0 aliphatic carbocycles. The van der Waals surface area contributed by atoms with E-state index in [9.17, 15) is 0 Å². The van der Waals surface area contributed by atoms with E-state index >= 15 is 0 Å². The largest absolute Gasteiger partial charge is 0.494 e. The van der Waals surface area contributed by atoms with Crippen LogP contribution in [0, 0.1) is 0 Å². The Balaban J connectivity index is 1.83. The molecular formula is C21H29NO2. The third-order valence-corrected chi connectivity index (χ3v) is 3.78. The molecule has 2 rings (SSSR count). The molecule has 2 aromatic rings. The van der Waals surface area contributed by atoms with Crippen molar-refractivity contribution in [1.82, 2.24) is 0 Å². The molecule has 3 nitrogen and oxygen atoms in total. The first kappa shape index (κ1) is 18.2. The maximum atomic E-state index is 5.97. The smallest absolute Gasteiger partial charge is 0.121 e. The van der Waals surface area contributed by atoms with Crippen molar-refractivity contribution in [3.8, 4) is 11.5 Å². The molecule has 0 aliphatic heterocycles. The van der Waals surface area contributed by atoms with Crippen LogP contribution >= 0.6 is 0 Å². The monoisotopic (exact) mass is 327 g/mol. The predicted molar refractivity (Wildman–Crippen MR) is 101 cm³/mol. The summed E-state index contributed by atoms with van der Waals surface area (Å²) in [5.74, 6) is 2.36. The van der Waals surface area contributed by atoms with Crippen LogP contribution < -0.4 is 14.8 Å². The fourth-order valence-electron chi connectivity index (χ4n) is 2.38. The van der Waals surface area contributed by atoms with Gasteiger partial charge >= 0.3 is 0 Å². The third kappa shape index (κ3) is 5.80. The van der Waals surface area contributed by atoms with Gasteiger partial charge in [-0.3, -0.25) is 0 Å². The minimum atomic E-state index is 0.0788. The van der Waals surface area contributed by atoms with Gasteiger partial charge in [-0.05, 0) is 49.1 Å². The van der Waals surface area contributed by atoms with Gasteiger partial charge in [0.05, 0.1) is 13.2 Å². The molecule has 0 amide bonds. The zero-order chi connectivity index (χ0) is 17.4. The SMILES string of the molecule is CCCOc1cccc(NCC(C)Oc2ccc(C(C)C)cc2)c1. The maximum Gasteiger partial charge on any atom is 0.121 e. The van der Waals surface area contributed by atoms with Gasteiger partial charge in [-0.25, -0.2) is 0 Å². The average Bonchev–Trinajstić information content (AvgIpc) is 2.59. The number of ether oxygens (including phenoxy) is 2. The first-order chi connectivity index (χ1) is 11.6. The molecule has 0 saturated heterocycles. The Kier molecular flexibility index (Phi) is 6.98. The Morgan fingerprint density at radius 2 is 1.71 bits per heavy atom. The summed E-state index contributed by atoms with van der Waals surface area (Å²) in [5, 5.41) is 3.41. The van der Waals surface area contributed by atoms with Crippen LogP contribution in [0.4, 0.5) is 5.69 Å². The van der Waals surface area contributed by atoms with Gasteiger partial charge in [0.1, 0.15) is 17.6 Å². The summed E-state index contributed by atoms with van der Waals surface area (Å²) in [4.78, 5) is 0. The highest BCUT2D eigenvalue weighted by atomic mass is 16.5. The lowest BCUT2D eigenvalue weighted by Crippen LogP contribution is -2.22. The normalized spacial score (nSPS) is 12.0. The van der Waals surface area contributed by atoms with Gasteiger partial charge in [0.2, 0.25) is 0 Å². The van der Waals surface area contributed by atoms with Crippen LogP contribution in [0.15, 0.2) is 48.5 Å². The Bertz CT molecular complexity index is 607. The highest BCUT2D eigenvalue weighted by Crippen LogP contribution is 2.20. The van der Waals surface area contributed by atoms with Crippen molar-refractivity contribution in [2.45, 2.75) is 46.1 Å². The van der Waals surface area contributed by atoms with Crippen molar-refractivity contribution in [1.29, 1.82) is 0 Å². The van der Waals surface area contributed by atoms with Crippen LogP contribution in [-0.4, -0.2) is 19.3 Å². The maximum absolute atomic E-state index is 5.97. The second-order valence-electron chi connectivity index (χ2n) is 6.41. The molecule has 0 radical (unpaired) electrons. The molecule has 0 heterocycles. The van der Waals surface area contributed by atoms with E-state index in [1.807, 2.05) is 36.4 Å². The van der Waals surface area contributed by atoms with Crippen molar-refractivity contribution in [2.75, 3.05) is 18.5 Å². The summed E-state index contributed by atoms with van der Waals surface area (Å²) in [5.41, 5.74) is 2.38. The van der Waals surface area contributed by atoms with Crippen LogP contribution in [0.25, 0.3) is 0 Å². The molecule has 1 atom stereocenters. The first-order valence-corrected chi connectivity index (χ1v) is 8.81. The van der Waals surface area contributed by atoms with E-state index in [0.717, 1.165) is 36.8 Å². The minimum Gasteiger partial charge on any atom is -0.494 e. The molecule has 3 heteroatoms. The lowest BCUT2D eigenvalue weighted by atomic mass is 10.0. The lowest BCUT2D eigenvalue weighted by Gasteiger charge is -2.17. The van der Waals surface area contributed by atoms with Gasteiger partial charge in [-0.2, -0.15) is 0 Å². The number of benzene rings is 2. The van der Waals surface area contributed by atoms with Crippen molar-refractivity contribution in [2.24, 2.45) is 0 Å². The molecule has 0 saturated carbocycles. The number of anilines is 1. The van der Waals surface area contributed by atoms with Crippen molar-refractivity contribution in [3.05, 3.63) is 54.1 Å². The number of rotatable bonds is 9. The van der Waals surface area contributed by atoms with E-state index in [-0.39, 0.29) is 6.10 Å². The molecule has 0 aromatic heterocycles. The molecule has 2 aromatic carbocycles. The van der Waals surface area contributed by atoms with Crippen molar-refractivity contribution < 1.29 is 9.47 Å². The van der Waals surface area contributed by atoms with E-state index in [2.05, 4.69) is 45.1 Å². The molecule has 24 heavy (non-hydrogen) atoms. The van der Waals surface area contributed by atoms with Crippen LogP contribution in [0.2, 0.25) is 0 Å². The Hall–Kier alpha value is -2.16. The summed E-state index contributed by atoms with van der Waals surface area (Å²) in [6, 6.07) is 16.4. The molecule has 1 unspecified atom stereocenters. The van der Waals surface area contributed by atoms with Gasteiger partial charge in [0.25, 0.3) is 0 Å². The number of nitrogens with one attached hydrogen (secondary N) is 1. The standard InChI is InChI=1S/C21H29NO2/c1-5-13-23-21-8-6-7-19(14-21)22-15-17(4)24-20-11-9-18(10-12-20)16(2)3/h6-12,14,16-17,22H,5,13,15H2,1-4H3. The van der Waals surface area contributed by atoms with Gasteiger partial charge < -0.3 is 14.8 Å². The molecule has 0 fully saturated rings. The van der Waals surface area contributed by atoms with Crippen LogP contribution in [-0.2, 0) is 0 Å². The molecule has 0 spiro atoms. The van der Waals surface area contributed by atoms with Gasteiger partial charge in [0.15, 0.2) is 0 Å². The van der Waals surface area contributed by atoms with E-state index in [0.29, 0.717) is 5.92 Å². The van der Waals surface area contributed by atoms with E-state index in [1.54, 1.807) is 0 Å². The lowest BCUT2D eigenvalue weighted by molar-refractivity contribution is 0.234. The van der Waals surface area contributed by atoms with Gasteiger partial charge in [-0.15, -0.1) is 0 Å². The van der Waals surface area contributed by atoms with E-state index < -0.39 is 0 Å². The van der Waals surface area contributed by atoms with Crippen LogP contribution in [0.5, 0.6) is 11.5 Å². The number of hydrogen-bond donors (Lipinski definition) is 1. The second-order valence-corrected chi connectivity index (χ2v) is 6.41. The summed E-state index contributed by atoms with van der Waals surface area (Å²) in [6.45, 7) is 10.1. The first-order valence-electron chi connectivity index (χ1n) is 8.81. The summed E-state index contributed by atoms with van der Waals surface area (Å²) in [7, 11) is 0. The van der Waals surface area contributed by atoms with Gasteiger partial charge in [-0.1, -0.05) is 39.0 Å². The van der Waals surface area contributed by atoms with Crippen molar-refractivity contribution in [3.63, 3.8) is 0 Å².